The number of carbonyl (C=O) groups excluding carboxylic acids is 1. The molecule has 0 fully saturated rings. The van der Waals surface area contributed by atoms with Gasteiger partial charge in [-0.1, -0.05) is 0 Å². The molecule has 1 heterocycles. The number of likely N-dealkylation sites (N-methyl/N-ethyl adjacent to an activating group) is 1. The van der Waals surface area contributed by atoms with Gasteiger partial charge in [-0.05, 0) is 32.9 Å². The van der Waals surface area contributed by atoms with E-state index in [1.807, 2.05) is 20.8 Å². The number of furan rings is 1. The molecule has 1 rings (SSSR count). The molecule has 2 N–H and O–H groups in total. The highest BCUT2D eigenvalue weighted by molar-refractivity contribution is 5.81. The van der Waals surface area contributed by atoms with Crippen molar-refractivity contribution in [1.29, 1.82) is 0 Å². The van der Waals surface area contributed by atoms with Crippen LogP contribution in [0.2, 0.25) is 0 Å². The summed E-state index contributed by atoms with van der Waals surface area (Å²) in [5, 5.41) is 12.0. The Bertz CT molecular complexity index is 372. The number of aliphatic hydroxyl groups is 1. The smallest absolute Gasteiger partial charge is 0.239 e. The summed E-state index contributed by atoms with van der Waals surface area (Å²) < 4.78 is 5.34. The number of amides is 1. The Hall–Kier alpha value is -1.33. The van der Waals surface area contributed by atoms with Crippen LogP contribution in [0.1, 0.15) is 32.3 Å². The third-order valence-corrected chi connectivity index (χ3v) is 2.90. The Kier molecular flexibility index (Phi) is 5.88. The minimum atomic E-state index is -0.243. The maximum atomic E-state index is 12.0. The standard InChI is InChI=1S/C13H22N2O3/c1-4-15(5-2)13(17)10(3)14-8-11-6-7-12(9-16)18-11/h6-7,10,14,16H,4-5,8-9H2,1-3H3. The first-order valence-corrected chi connectivity index (χ1v) is 6.32. The van der Waals surface area contributed by atoms with Crippen LogP contribution in [-0.2, 0) is 17.9 Å². The van der Waals surface area contributed by atoms with Crippen molar-refractivity contribution in [3.63, 3.8) is 0 Å². The molecule has 18 heavy (non-hydrogen) atoms. The Balaban J connectivity index is 2.45. The van der Waals surface area contributed by atoms with E-state index in [1.54, 1.807) is 17.0 Å². The number of nitrogens with one attached hydrogen (secondary N) is 1. The summed E-state index contributed by atoms with van der Waals surface area (Å²) in [6.07, 6.45) is 0. The lowest BCUT2D eigenvalue weighted by Crippen LogP contribution is -2.44. The normalized spacial score (nSPS) is 12.4. The lowest BCUT2D eigenvalue weighted by atomic mass is 10.2. The van der Waals surface area contributed by atoms with E-state index in [2.05, 4.69) is 5.32 Å². The Morgan fingerprint density at radius 2 is 2.00 bits per heavy atom. The second-order valence-corrected chi connectivity index (χ2v) is 4.14. The van der Waals surface area contributed by atoms with Gasteiger partial charge >= 0.3 is 0 Å². The van der Waals surface area contributed by atoms with Crippen LogP contribution in [0.25, 0.3) is 0 Å². The summed E-state index contributed by atoms with van der Waals surface area (Å²) in [6, 6.07) is 3.29. The fourth-order valence-electron chi connectivity index (χ4n) is 1.75. The molecule has 0 spiro atoms. The predicted molar refractivity (Wildman–Crippen MR) is 68.9 cm³/mol. The molecule has 1 atom stereocenters. The fourth-order valence-corrected chi connectivity index (χ4v) is 1.75. The van der Waals surface area contributed by atoms with Crippen LogP contribution in [0.5, 0.6) is 0 Å². The molecule has 1 aromatic heterocycles. The summed E-state index contributed by atoms with van der Waals surface area (Å²) in [4.78, 5) is 13.8. The summed E-state index contributed by atoms with van der Waals surface area (Å²) in [5.74, 6) is 1.35. The van der Waals surface area contributed by atoms with Crippen LogP contribution >= 0.6 is 0 Å². The van der Waals surface area contributed by atoms with Crippen LogP contribution in [0.3, 0.4) is 0 Å². The molecule has 102 valence electrons. The SMILES string of the molecule is CCN(CC)C(=O)C(C)NCc1ccc(CO)o1. The van der Waals surface area contributed by atoms with E-state index in [4.69, 9.17) is 9.52 Å². The lowest BCUT2D eigenvalue weighted by molar-refractivity contribution is -0.132. The Morgan fingerprint density at radius 1 is 1.39 bits per heavy atom. The molecule has 1 amide bonds. The number of hydrogen-bond donors (Lipinski definition) is 2. The van der Waals surface area contributed by atoms with Crippen molar-refractivity contribution in [1.82, 2.24) is 10.2 Å². The number of rotatable bonds is 7. The highest BCUT2D eigenvalue weighted by Crippen LogP contribution is 2.07. The number of carbonyl (C=O) groups is 1. The number of aliphatic hydroxyl groups excluding tert-OH is 1. The fraction of sp³-hybridized carbons (Fsp3) is 0.615. The third kappa shape index (κ3) is 3.85. The van der Waals surface area contributed by atoms with Gasteiger partial charge in [-0.25, -0.2) is 0 Å². The average molecular weight is 254 g/mol. The summed E-state index contributed by atoms with van der Waals surface area (Å²) in [7, 11) is 0. The van der Waals surface area contributed by atoms with Crippen molar-refractivity contribution in [2.45, 2.75) is 40.0 Å². The first-order chi connectivity index (χ1) is 8.62. The summed E-state index contributed by atoms with van der Waals surface area (Å²) in [5.41, 5.74) is 0. The molecule has 0 radical (unpaired) electrons. The van der Waals surface area contributed by atoms with Gasteiger partial charge in [0.15, 0.2) is 0 Å². The molecule has 1 aromatic rings. The van der Waals surface area contributed by atoms with Gasteiger partial charge in [0.05, 0.1) is 12.6 Å². The Labute approximate surface area is 108 Å². The lowest BCUT2D eigenvalue weighted by Gasteiger charge is -2.23. The molecule has 5 heteroatoms. The van der Waals surface area contributed by atoms with Crippen molar-refractivity contribution in [3.8, 4) is 0 Å². The minimum Gasteiger partial charge on any atom is -0.462 e. The molecule has 1 unspecified atom stereocenters. The number of nitrogens with zero attached hydrogens (tertiary/aromatic N) is 1. The molecule has 0 aliphatic carbocycles. The van der Waals surface area contributed by atoms with E-state index in [1.165, 1.54) is 0 Å². The van der Waals surface area contributed by atoms with Gasteiger partial charge in [0.1, 0.15) is 18.1 Å². The first-order valence-electron chi connectivity index (χ1n) is 6.32. The maximum absolute atomic E-state index is 12.0. The van der Waals surface area contributed by atoms with E-state index in [0.29, 0.717) is 12.3 Å². The number of hydrogen-bond acceptors (Lipinski definition) is 4. The zero-order chi connectivity index (χ0) is 13.5. The highest BCUT2D eigenvalue weighted by Gasteiger charge is 2.17. The van der Waals surface area contributed by atoms with Gasteiger partial charge < -0.3 is 14.4 Å². The van der Waals surface area contributed by atoms with E-state index < -0.39 is 0 Å². The molecule has 0 aromatic carbocycles. The summed E-state index contributed by atoms with van der Waals surface area (Å²) in [6.45, 7) is 7.59. The summed E-state index contributed by atoms with van der Waals surface area (Å²) >= 11 is 0. The molecule has 0 saturated heterocycles. The van der Waals surface area contributed by atoms with Crippen molar-refractivity contribution >= 4 is 5.91 Å². The van der Waals surface area contributed by atoms with Crippen LogP contribution in [0, 0.1) is 0 Å². The third-order valence-electron chi connectivity index (χ3n) is 2.90. The minimum absolute atomic E-state index is 0.0916. The van der Waals surface area contributed by atoms with Crippen LogP contribution in [0.4, 0.5) is 0 Å². The molecule has 0 saturated carbocycles. The monoisotopic (exact) mass is 254 g/mol. The van der Waals surface area contributed by atoms with Gasteiger partial charge in [-0.3, -0.25) is 10.1 Å². The second kappa shape index (κ2) is 7.18. The van der Waals surface area contributed by atoms with E-state index in [-0.39, 0.29) is 18.6 Å². The molecule has 0 aliphatic heterocycles. The maximum Gasteiger partial charge on any atom is 0.239 e. The van der Waals surface area contributed by atoms with E-state index >= 15 is 0 Å². The van der Waals surface area contributed by atoms with Gasteiger partial charge in [0, 0.05) is 13.1 Å². The molecular weight excluding hydrogens is 232 g/mol. The first kappa shape index (κ1) is 14.7. The molecule has 0 aliphatic rings. The highest BCUT2D eigenvalue weighted by atomic mass is 16.4. The molecular formula is C13H22N2O3. The van der Waals surface area contributed by atoms with Crippen molar-refractivity contribution in [2.75, 3.05) is 13.1 Å². The van der Waals surface area contributed by atoms with Crippen LogP contribution < -0.4 is 5.32 Å². The zero-order valence-corrected chi connectivity index (χ0v) is 11.3. The van der Waals surface area contributed by atoms with Crippen LogP contribution in [0.15, 0.2) is 16.5 Å². The molecule has 0 bridgehead atoms. The quantitative estimate of drug-likeness (QED) is 0.765. The largest absolute Gasteiger partial charge is 0.462 e. The van der Waals surface area contributed by atoms with Gasteiger partial charge in [0.2, 0.25) is 5.91 Å². The predicted octanol–water partition coefficient (Wildman–Crippen LogP) is 1.12. The van der Waals surface area contributed by atoms with Gasteiger partial charge in [-0.15, -0.1) is 0 Å². The second-order valence-electron chi connectivity index (χ2n) is 4.14. The van der Waals surface area contributed by atoms with Crippen molar-refractivity contribution in [2.24, 2.45) is 0 Å². The topological polar surface area (TPSA) is 65.7 Å². The zero-order valence-electron chi connectivity index (χ0n) is 11.3. The Morgan fingerprint density at radius 3 is 2.50 bits per heavy atom. The molecule has 5 nitrogen and oxygen atoms in total. The van der Waals surface area contributed by atoms with E-state index in [9.17, 15) is 4.79 Å². The van der Waals surface area contributed by atoms with Crippen molar-refractivity contribution in [3.05, 3.63) is 23.7 Å². The van der Waals surface area contributed by atoms with Gasteiger partial charge in [-0.2, -0.15) is 0 Å². The van der Waals surface area contributed by atoms with Gasteiger partial charge in [0.25, 0.3) is 0 Å². The van der Waals surface area contributed by atoms with Crippen LogP contribution in [-0.4, -0.2) is 35.0 Å². The van der Waals surface area contributed by atoms with Crippen molar-refractivity contribution < 1.29 is 14.3 Å². The van der Waals surface area contributed by atoms with E-state index in [0.717, 1.165) is 18.8 Å². The average Bonchev–Trinajstić information content (AvgIpc) is 2.85.